The summed E-state index contributed by atoms with van der Waals surface area (Å²) in [4.78, 5) is 26.9. The van der Waals surface area contributed by atoms with Gasteiger partial charge < -0.3 is 15.2 Å². The lowest BCUT2D eigenvalue weighted by molar-refractivity contribution is -0.142. The summed E-state index contributed by atoms with van der Waals surface area (Å²) >= 11 is 0. The van der Waals surface area contributed by atoms with Crippen molar-refractivity contribution in [3.8, 4) is 0 Å². The molecule has 1 amide bonds. The van der Waals surface area contributed by atoms with Gasteiger partial charge >= 0.3 is 5.97 Å². The monoisotopic (exact) mass is 288 g/mol. The fourth-order valence-electron chi connectivity index (χ4n) is 1.99. The summed E-state index contributed by atoms with van der Waals surface area (Å²) < 4.78 is 4.87. The zero-order chi connectivity index (χ0) is 15.2. The van der Waals surface area contributed by atoms with E-state index in [1.165, 1.54) is 0 Å². The normalized spacial score (nSPS) is 10.5. The highest BCUT2D eigenvalue weighted by atomic mass is 16.5. The number of fused-ring (bicyclic) bond motifs is 1. The summed E-state index contributed by atoms with van der Waals surface area (Å²) in [6.07, 6.45) is 0. The number of ether oxygens (including phenoxy) is 1. The Morgan fingerprint density at radius 2 is 2.10 bits per heavy atom. The molecule has 0 saturated carbocycles. The Morgan fingerprint density at radius 3 is 2.86 bits per heavy atom. The maximum Gasteiger partial charge on any atom is 0.329 e. The Labute approximate surface area is 121 Å². The van der Waals surface area contributed by atoms with E-state index in [9.17, 15) is 9.59 Å². The average molecular weight is 288 g/mol. The molecule has 0 spiro atoms. The first kappa shape index (κ1) is 14.9. The Morgan fingerprint density at radius 1 is 1.33 bits per heavy atom. The van der Waals surface area contributed by atoms with Gasteiger partial charge in [-0.2, -0.15) is 0 Å². The molecule has 0 atom stereocenters. The van der Waals surface area contributed by atoms with E-state index in [1.54, 1.807) is 6.07 Å². The Kier molecular flexibility index (Phi) is 4.84. The van der Waals surface area contributed by atoms with Crippen LogP contribution in [-0.2, 0) is 9.53 Å². The molecule has 2 N–H and O–H groups in total. The third-order valence-electron chi connectivity index (χ3n) is 2.85. The number of aryl methyl sites for hydroxylation is 1. The molecule has 0 aliphatic heterocycles. The van der Waals surface area contributed by atoms with Crippen molar-refractivity contribution in [3.05, 3.63) is 41.6 Å². The van der Waals surface area contributed by atoms with E-state index in [2.05, 4.69) is 10.3 Å². The van der Waals surface area contributed by atoms with Crippen LogP contribution in [0.2, 0.25) is 0 Å². The van der Waals surface area contributed by atoms with E-state index < -0.39 is 5.97 Å². The van der Waals surface area contributed by atoms with Crippen molar-refractivity contribution in [2.75, 3.05) is 19.8 Å². The number of para-hydroxylation sites is 1. The molecule has 0 aliphatic rings. The molecule has 0 fully saturated rings. The molecule has 6 heteroatoms. The molecular formula is C15H16N2O4. The molecule has 2 aromatic rings. The molecule has 110 valence electrons. The van der Waals surface area contributed by atoms with Crippen molar-refractivity contribution in [2.24, 2.45) is 0 Å². The second-order valence-electron chi connectivity index (χ2n) is 4.53. The molecule has 0 radical (unpaired) electrons. The van der Waals surface area contributed by atoms with Crippen molar-refractivity contribution in [3.63, 3.8) is 0 Å². The molecule has 0 unspecified atom stereocenters. The van der Waals surface area contributed by atoms with E-state index in [0.717, 1.165) is 16.6 Å². The first-order valence-corrected chi connectivity index (χ1v) is 6.52. The molecule has 21 heavy (non-hydrogen) atoms. The number of aliphatic carboxylic acids is 1. The number of benzene rings is 1. The third-order valence-corrected chi connectivity index (χ3v) is 2.85. The van der Waals surface area contributed by atoms with Crippen LogP contribution >= 0.6 is 0 Å². The highest BCUT2D eigenvalue weighted by Crippen LogP contribution is 2.17. The van der Waals surface area contributed by atoms with Crippen LogP contribution in [0.4, 0.5) is 0 Å². The summed E-state index contributed by atoms with van der Waals surface area (Å²) in [5.74, 6) is -1.26. The predicted molar refractivity (Wildman–Crippen MR) is 77.3 cm³/mol. The van der Waals surface area contributed by atoms with Crippen LogP contribution in [-0.4, -0.2) is 41.7 Å². The van der Waals surface area contributed by atoms with Gasteiger partial charge in [-0.1, -0.05) is 18.2 Å². The van der Waals surface area contributed by atoms with Crippen LogP contribution in [0.15, 0.2) is 30.3 Å². The topological polar surface area (TPSA) is 88.5 Å². The fraction of sp³-hybridized carbons (Fsp3) is 0.267. The lowest BCUT2D eigenvalue weighted by Crippen LogP contribution is -2.28. The summed E-state index contributed by atoms with van der Waals surface area (Å²) in [6, 6.07) is 9.16. The average Bonchev–Trinajstić information content (AvgIpc) is 2.45. The van der Waals surface area contributed by atoms with E-state index >= 15 is 0 Å². The number of carbonyl (C=O) groups is 2. The predicted octanol–water partition coefficient (Wildman–Crippen LogP) is 1.37. The largest absolute Gasteiger partial charge is 0.480 e. The van der Waals surface area contributed by atoms with E-state index in [0.29, 0.717) is 5.56 Å². The molecule has 2 rings (SSSR count). The van der Waals surface area contributed by atoms with Crippen molar-refractivity contribution in [1.29, 1.82) is 0 Å². The van der Waals surface area contributed by atoms with Crippen molar-refractivity contribution in [1.82, 2.24) is 10.3 Å². The number of hydrogen-bond donors (Lipinski definition) is 2. The fourth-order valence-corrected chi connectivity index (χ4v) is 1.99. The second-order valence-corrected chi connectivity index (χ2v) is 4.53. The third kappa shape index (κ3) is 4.00. The van der Waals surface area contributed by atoms with Crippen LogP contribution < -0.4 is 5.32 Å². The number of amides is 1. The number of hydrogen-bond acceptors (Lipinski definition) is 4. The molecular weight excluding hydrogens is 272 g/mol. The minimum Gasteiger partial charge on any atom is -0.480 e. The van der Waals surface area contributed by atoms with Crippen LogP contribution in [0.25, 0.3) is 10.9 Å². The Bertz CT molecular complexity index is 670. The zero-order valence-electron chi connectivity index (χ0n) is 11.6. The summed E-state index contributed by atoms with van der Waals surface area (Å²) in [5.41, 5.74) is 2.09. The maximum atomic E-state index is 12.2. The lowest BCUT2D eigenvalue weighted by atomic mass is 10.1. The van der Waals surface area contributed by atoms with Crippen molar-refractivity contribution in [2.45, 2.75) is 6.92 Å². The minimum absolute atomic E-state index is 0.153. The van der Waals surface area contributed by atoms with Gasteiger partial charge in [-0.15, -0.1) is 0 Å². The number of carboxylic acid groups (broad SMARTS) is 1. The Balaban J connectivity index is 2.04. The number of carbonyl (C=O) groups excluding carboxylic acids is 1. The molecule has 1 aromatic heterocycles. The number of carboxylic acids is 1. The number of pyridine rings is 1. The lowest BCUT2D eigenvalue weighted by Gasteiger charge is -2.09. The van der Waals surface area contributed by atoms with Gasteiger partial charge in [-0.05, 0) is 19.1 Å². The SMILES string of the molecule is Cc1cc(C(=O)NCCOCC(=O)O)c2ccccc2n1. The highest BCUT2D eigenvalue weighted by Gasteiger charge is 2.11. The quantitative estimate of drug-likeness (QED) is 0.784. The summed E-state index contributed by atoms with van der Waals surface area (Å²) in [5, 5.41) is 11.9. The van der Waals surface area contributed by atoms with Crippen LogP contribution in [0.5, 0.6) is 0 Å². The number of nitrogens with zero attached hydrogens (tertiary/aromatic N) is 1. The van der Waals surface area contributed by atoms with E-state index in [4.69, 9.17) is 9.84 Å². The zero-order valence-corrected chi connectivity index (χ0v) is 11.6. The van der Waals surface area contributed by atoms with Gasteiger partial charge in [0, 0.05) is 17.6 Å². The number of aromatic nitrogens is 1. The van der Waals surface area contributed by atoms with Crippen molar-refractivity contribution < 1.29 is 19.4 Å². The maximum absolute atomic E-state index is 12.2. The van der Waals surface area contributed by atoms with Crippen molar-refractivity contribution >= 4 is 22.8 Å². The van der Waals surface area contributed by atoms with E-state index in [1.807, 2.05) is 31.2 Å². The minimum atomic E-state index is -1.03. The molecule has 0 bridgehead atoms. The highest BCUT2D eigenvalue weighted by molar-refractivity contribution is 6.06. The first-order chi connectivity index (χ1) is 10.1. The van der Waals surface area contributed by atoms with Crippen LogP contribution in [0.1, 0.15) is 16.1 Å². The van der Waals surface area contributed by atoms with Gasteiger partial charge in [0.05, 0.1) is 17.7 Å². The van der Waals surface area contributed by atoms with Gasteiger partial charge in [0.1, 0.15) is 6.61 Å². The van der Waals surface area contributed by atoms with Gasteiger partial charge in [0.15, 0.2) is 0 Å². The standard InChI is InChI=1S/C15H16N2O4/c1-10-8-12(11-4-2-3-5-13(11)17-10)15(20)16-6-7-21-9-14(18)19/h2-5,8H,6-7,9H2,1H3,(H,16,20)(H,18,19). The molecule has 0 aliphatic carbocycles. The molecule has 1 aromatic carbocycles. The van der Waals surface area contributed by atoms with Crippen LogP contribution in [0.3, 0.4) is 0 Å². The van der Waals surface area contributed by atoms with Gasteiger partial charge in [0.2, 0.25) is 0 Å². The van der Waals surface area contributed by atoms with E-state index in [-0.39, 0.29) is 25.7 Å². The summed E-state index contributed by atoms with van der Waals surface area (Å²) in [6.45, 7) is 1.87. The summed E-state index contributed by atoms with van der Waals surface area (Å²) in [7, 11) is 0. The van der Waals surface area contributed by atoms with Gasteiger partial charge in [-0.25, -0.2) is 4.79 Å². The smallest absolute Gasteiger partial charge is 0.329 e. The Hall–Kier alpha value is -2.47. The van der Waals surface area contributed by atoms with Gasteiger partial charge in [0.25, 0.3) is 5.91 Å². The molecule has 0 saturated heterocycles. The second kappa shape index (κ2) is 6.81. The first-order valence-electron chi connectivity index (χ1n) is 6.52. The number of rotatable bonds is 6. The number of nitrogens with one attached hydrogen (secondary N) is 1. The molecule has 6 nitrogen and oxygen atoms in total. The molecule has 1 heterocycles. The van der Waals surface area contributed by atoms with Crippen LogP contribution in [0, 0.1) is 6.92 Å². The van der Waals surface area contributed by atoms with Gasteiger partial charge in [-0.3, -0.25) is 9.78 Å².